The van der Waals surface area contributed by atoms with Crippen LogP contribution in [0.2, 0.25) is 0 Å². The van der Waals surface area contributed by atoms with E-state index in [4.69, 9.17) is 5.11 Å². The van der Waals surface area contributed by atoms with E-state index >= 15 is 0 Å². The Bertz CT molecular complexity index is 191. The van der Waals surface area contributed by atoms with Gasteiger partial charge in [0.2, 0.25) is 0 Å². The number of ether oxygens (including phenoxy) is 1. The maximum atomic E-state index is 10.5. The van der Waals surface area contributed by atoms with Crippen molar-refractivity contribution in [3.8, 4) is 0 Å². The first-order chi connectivity index (χ1) is 5.08. The zero-order valence-corrected chi connectivity index (χ0v) is 6.74. The molecule has 0 fully saturated rings. The van der Waals surface area contributed by atoms with Crippen molar-refractivity contribution < 1.29 is 19.2 Å². The van der Waals surface area contributed by atoms with Crippen molar-refractivity contribution in [1.29, 1.82) is 0 Å². The number of carbonyl (C=O) groups is 1. The summed E-state index contributed by atoms with van der Waals surface area (Å²) in [6.07, 6.45) is 1.73. The Morgan fingerprint density at radius 3 is 2.45 bits per heavy atom. The molecule has 0 aliphatic rings. The molecule has 0 rings (SSSR count). The summed E-state index contributed by atoms with van der Waals surface area (Å²) in [5.41, 5.74) is -2.08. The fourth-order valence-electron chi connectivity index (χ4n) is 0.299. The molecule has 0 spiro atoms. The van der Waals surface area contributed by atoms with Crippen molar-refractivity contribution >= 4 is 14.4 Å². The summed E-state index contributed by atoms with van der Waals surface area (Å²) < 4.78 is 14.5. The number of hydrogen-bond donors (Lipinski definition) is 1. The van der Waals surface area contributed by atoms with Gasteiger partial charge >= 0.3 is 20.0 Å². The van der Waals surface area contributed by atoms with Crippen LogP contribution in [0.5, 0.6) is 0 Å². The topological polar surface area (TPSA) is 63.6 Å². The Balaban J connectivity index is 4.29. The minimum absolute atomic E-state index is 0.851. The first kappa shape index (κ1) is 10.0. The molecule has 5 heteroatoms. The normalized spacial score (nSPS) is 15.0. The molecule has 1 N–H and O–H groups in total. The number of aliphatic hydroxyl groups is 1. The predicted molar refractivity (Wildman–Crippen MR) is 40.4 cm³/mol. The van der Waals surface area contributed by atoms with Gasteiger partial charge in [-0.25, -0.2) is 4.79 Å². The molecule has 4 nitrogen and oxygen atoms in total. The summed E-state index contributed by atoms with van der Waals surface area (Å²) in [6.45, 7) is 6.23. The highest BCUT2D eigenvalue weighted by Crippen LogP contribution is 2.22. The van der Waals surface area contributed by atoms with Gasteiger partial charge in [0.25, 0.3) is 0 Å². The maximum Gasteiger partial charge on any atom is 0.433 e. The van der Waals surface area contributed by atoms with E-state index in [9.17, 15) is 9.36 Å². The summed E-state index contributed by atoms with van der Waals surface area (Å²) in [4.78, 5) is 10.5. The van der Waals surface area contributed by atoms with E-state index < -0.39 is 20.0 Å². The molecule has 0 aromatic rings. The lowest BCUT2D eigenvalue weighted by molar-refractivity contribution is -0.161. The van der Waals surface area contributed by atoms with Gasteiger partial charge < -0.3 is 9.84 Å². The van der Waals surface area contributed by atoms with Crippen LogP contribution >= 0.6 is 8.46 Å². The molecule has 0 aliphatic carbocycles. The van der Waals surface area contributed by atoms with Crippen molar-refractivity contribution in [1.82, 2.24) is 0 Å². The highest BCUT2D eigenvalue weighted by Gasteiger charge is 2.36. The average molecular weight is 175 g/mol. The van der Waals surface area contributed by atoms with Crippen molar-refractivity contribution in [2.24, 2.45) is 0 Å². The number of carbonyl (C=O) groups excluding carboxylic acids is 1. The van der Waals surface area contributed by atoms with Gasteiger partial charge in [0.05, 0.1) is 0 Å². The SMILES string of the molecule is C=CC(=O)OC(O)(C=C)[PH+]=O. The molecule has 0 aromatic carbocycles. The molecule has 0 bridgehead atoms. The van der Waals surface area contributed by atoms with Crippen LogP contribution in [-0.4, -0.2) is 16.6 Å². The molecule has 0 saturated carbocycles. The first-order valence-corrected chi connectivity index (χ1v) is 3.59. The molecule has 0 radical (unpaired) electrons. The van der Waals surface area contributed by atoms with Gasteiger partial charge in [-0.1, -0.05) is 17.7 Å². The smallest absolute Gasteiger partial charge is 0.385 e. The molecule has 0 heterocycles. The second-order valence-electron chi connectivity index (χ2n) is 1.63. The highest BCUT2D eigenvalue weighted by atomic mass is 31.1. The summed E-state index contributed by atoms with van der Waals surface area (Å²) in [7, 11) is -1.21. The third-order valence-corrected chi connectivity index (χ3v) is 1.44. The van der Waals surface area contributed by atoms with Gasteiger partial charge in [0.15, 0.2) is 0 Å². The summed E-state index contributed by atoms with van der Waals surface area (Å²) >= 11 is 0. The van der Waals surface area contributed by atoms with E-state index in [1.165, 1.54) is 0 Å². The fraction of sp³-hybridized carbons (Fsp3) is 0.167. The van der Waals surface area contributed by atoms with Gasteiger partial charge in [-0.05, 0) is 0 Å². The van der Waals surface area contributed by atoms with E-state index in [1.807, 2.05) is 0 Å². The summed E-state index contributed by atoms with van der Waals surface area (Å²) in [5, 5.41) is 9.02. The van der Waals surface area contributed by atoms with Crippen molar-refractivity contribution in [3.05, 3.63) is 25.3 Å². The molecule has 0 amide bonds. The van der Waals surface area contributed by atoms with E-state index in [-0.39, 0.29) is 0 Å². The molecule has 60 valence electrons. The zero-order valence-electron chi connectivity index (χ0n) is 5.74. The molecule has 0 saturated heterocycles. The Morgan fingerprint density at radius 2 is 2.18 bits per heavy atom. The minimum atomic E-state index is -2.08. The summed E-state index contributed by atoms with van der Waals surface area (Å²) in [6, 6.07) is 0. The number of rotatable bonds is 4. The van der Waals surface area contributed by atoms with E-state index in [0.717, 1.165) is 12.2 Å². The molecule has 0 aromatic heterocycles. The van der Waals surface area contributed by atoms with Gasteiger partial charge in [-0.2, -0.15) is 0 Å². The van der Waals surface area contributed by atoms with Crippen LogP contribution in [0, 0.1) is 0 Å². The third-order valence-electron chi connectivity index (χ3n) is 0.846. The van der Waals surface area contributed by atoms with Crippen LogP contribution in [0.25, 0.3) is 0 Å². The van der Waals surface area contributed by atoms with Gasteiger partial charge in [0, 0.05) is 12.2 Å². The molecular weight excluding hydrogens is 167 g/mol. The number of esters is 1. The van der Waals surface area contributed by atoms with Gasteiger partial charge in [-0.3, -0.25) is 0 Å². The standard InChI is InChI=1S/C6H7O4P/c1-3-5(7)10-6(8,4-2)11-9/h3-4,8H,1-2H2/p+1. The Labute approximate surface area is 65.4 Å². The zero-order chi connectivity index (χ0) is 8.91. The molecule has 11 heavy (non-hydrogen) atoms. The lowest BCUT2D eigenvalue weighted by atomic mass is 10.6. The van der Waals surface area contributed by atoms with Gasteiger partial charge in [0.1, 0.15) is 0 Å². The van der Waals surface area contributed by atoms with Crippen LogP contribution in [0.15, 0.2) is 25.3 Å². The maximum absolute atomic E-state index is 10.5. The monoisotopic (exact) mass is 175 g/mol. The lowest BCUT2D eigenvalue weighted by Crippen LogP contribution is -2.24. The second kappa shape index (κ2) is 4.01. The third kappa shape index (κ3) is 3.07. The largest absolute Gasteiger partial charge is 0.433 e. The quantitative estimate of drug-likeness (QED) is 0.223. The van der Waals surface area contributed by atoms with Gasteiger partial charge in [-0.15, -0.1) is 0 Å². The van der Waals surface area contributed by atoms with Crippen molar-refractivity contribution in [3.63, 3.8) is 0 Å². The fourth-order valence-corrected chi connectivity index (χ4v) is 0.525. The molecule has 2 unspecified atom stereocenters. The van der Waals surface area contributed by atoms with Crippen LogP contribution in [-0.2, 0) is 14.1 Å². The Hall–Kier alpha value is -0.990. The second-order valence-corrected chi connectivity index (χ2v) is 2.55. The van der Waals surface area contributed by atoms with E-state index in [0.29, 0.717) is 0 Å². The molecular formula is C6H8O4P+. The van der Waals surface area contributed by atoms with Crippen LogP contribution in [0.4, 0.5) is 0 Å². The number of hydrogen-bond acceptors (Lipinski definition) is 4. The van der Waals surface area contributed by atoms with Crippen LogP contribution in [0.1, 0.15) is 0 Å². The Morgan fingerprint density at radius 1 is 1.64 bits per heavy atom. The molecule has 2 atom stereocenters. The predicted octanol–water partition coefficient (Wildman–Crippen LogP) is 0.572. The van der Waals surface area contributed by atoms with E-state index in [1.54, 1.807) is 0 Å². The van der Waals surface area contributed by atoms with Crippen molar-refractivity contribution in [2.45, 2.75) is 5.53 Å². The minimum Gasteiger partial charge on any atom is -0.385 e. The first-order valence-electron chi connectivity index (χ1n) is 2.68. The van der Waals surface area contributed by atoms with Crippen molar-refractivity contribution in [2.75, 3.05) is 0 Å². The lowest BCUT2D eigenvalue weighted by Gasteiger charge is -2.07. The summed E-state index contributed by atoms with van der Waals surface area (Å²) in [5.74, 6) is -0.851. The van der Waals surface area contributed by atoms with Crippen LogP contribution < -0.4 is 0 Å². The average Bonchev–Trinajstić information content (AvgIpc) is 2.04. The molecule has 0 aliphatic heterocycles. The Kier molecular flexibility index (Phi) is 3.65. The van der Waals surface area contributed by atoms with Crippen LogP contribution in [0.3, 0.4) is 0 Å². The van der Waals surface area contributed by atoms with E-state index in [2.05, 4.69) is 17.9 Å². The highest BCUT2D eigenvalue weighted by molar-refractivity contribution is 7.25.